The van der Waals surface area contributed by atoms with E-state index in [4.69, 9.17) is 21.7 Å². The topological polar surface area (TPSA) is 526 Å². The van der Waals surface area contributed by atoms with E-state index in [1.165, 1.54) is 6.92 Å². The number of carbonyl (C=O) groups is 15. The van der Waals surface area contributed by atoms with Crippen LogP contribution >= 0.6 is 0 Å². The summed E-state index contributed by atoms with van der Waals surface area (Å²) < 4.78 is 0. The number of hydrogen-bond donors (Lipinski definition) is 16. The summed E-state index contributed by atoms with van der Waals surface area (Å²) in [6.07, 6.45) is -7.52. The van der Waals surface area contributed by atoms with Crippen LogP contribution in [0.15, 0.2) is 0 Å². The van der Waals surface area contributed by atoms with Crippen molar-refractivity contribution in [2.24, 2.45) is 11.5 Å². The van der Waals surface area contributed by atoms with Crippen LogP contribution in [-0.2, 0) is 71.9 Å². The highest BCUT2D eigenvalue weighted by atomic mass is 16.4. The standard InChI is InChI=1S/C38H58N10O21/c1-15(39)30(60)43-18(4-9-24(40)49)34(64)46-21(7-12-27(54)55)35(65)45-19(5-10-25(50)51)33(63)41-17(3)32(62)48-23(14-29(58)59)37(67)42-16(2)31(61)44-20(6-11-26(52)53)36(66)47-22(38(68)69)8-13-28(56)57/h15-23H,4-14,39H2,1-3H3,(H2,40,49)(H,41,63)(H,42,67)(H,43,60)(H,44,61)(H,45,65)(H,46,64)(H,47,66)(H,48,62)(H,50,51)(H,52,53)(H,54,55)(H,56,57)(H,58,59)(H,68,69)/t15-,16-,17-,18-,19-,20-,21-,22-,23-/m0/s1. The number of rotatable bonds is 34. The summed E-state index contributed by atoms with van der Waals surface area (Å²) in [4.78, 5) is 184. The first-order chi connectivity index (χ1) is 31.9. The van der Waals surface area contributed by atoms with Gasteiger partial charge >= 0.3 is 35.8 Å². The highest BCUT2D eigenvalue weighted by molar-refractivity contribution is 5.99. The Bertz CT molecular complexity index is 1960. The van der Waals surface area contributed by atoms with Gasteiger partial charge in [-0.1, -0.05) is 0 Å². The molecule has 0 radical (unpaired) electrons. The summed E-state index contributed by atoms with van der Waals surface area (Å²) in [5.41, 5.74) is 10.7. The van der Waals surface area contributed by atoms with Gasteiger partial charge in [0.25, 0.3) is 0 Å². The van der Waals surface area contributed by atoms with E-state index in [1.54, 1.807) is 0 Å². The van der Waals surface area contributed by atoms with Crippen molar-refractivity contribution in [1.29, 1.82) is 0 Å². The lowest BCUT2D eigenvalue weighted by molar-refractivity contribution is -0.144. The van der Waals surface area contributed by atoms with Crippen molar-refractivity contribution in [1.82, 2.24) is 42.5 Å². The summed E-state index contributed by atoms with van der Waals surface area (Å²) in [5, 5.41) is 72.3. The number of primary amides is 1. The smallest absolute Gasteiger partial charge is 0.326 e. The summed E-state index contributed by atoms with van der Waals surface area (Å²) in [6.45, 7) is 3.29. The zero-order chi connectivity index (χ0) is 53.3. The molecule has 69 heavy (non-hydrogen) atoms. The van der Waals surface area contributed by atoms with Crippen molar-refractivity contribution in [2.45, 2.75) is 146 Å². The van der Waals surface area contributed by atoms with Crippen molar-refractivity contribution in [3.63, 3.8) is 0 Å². The zero-order valence-electron chi connectivity index (χ0n) is 37.4. The Kier molecular flexibility index (Phi) is 26.8. The molecule has 18 N–H and O–H groups in total. The van der Waals surface area contributed by atoms with Crippen LogP contribution in [0.1, 0.15) is 91.4 Å². The highest BCUT2D eigenvalue weighted by Gasteiger charge is 2.34. The quantitative estimate of drug-likeness (QED) is 0.0285. The molecule has 0 bridgehead atoms. The highest BCUT2D eigenvalue weighted by Crippen LogP contribution is 2.08. The lowest BCUT2D eigenvalue weighted by Crippen LogP contribution is -2.60. The maximum Gasteiger partial charge on any atom is 0.326 e. The molecule has 0 aliphatic carbocycles. The maximum absolute atomic E-state index is 13.5. The minimum absolute atomic E-state index is 0.395. The Balaban J connectivity index is 6.25. The summed E-state index contributed by atoms with van der Waals surface area (Å²) in [7, 11) is 0. The van der Waals surface area contributed by atoms with Gasteiger partial charge in [0.05, 0.1) is 12.5 Å². The molecule has 0 rings (SSSR count). The summed E-state index contributed by atoms with van der Waals surface area (Å²) in [6, 6.07) is -15.2. The maximum atomic E-state index is 13.5. The molecule has 31 heteroatoms. The number of nitrogens with one attached hydrogen (secondary N) is 8. The molecular formula is C38H58N10O21. The van der Waals surface area contributed by atoms with Crippen LogP contribution in [0.3, 0.4) is 0 Å². The summed E-state index contributed by atoms with van der Waals surface area (Å²) in [5.74, 6) is -19.5. The molecule has 0 aliphatic heterocycles. The molecule has 0 unspecified atom stereocenters. The molecule has 9 atom stereocenters. The Morgan fingerprint density at radius 2 is 0.609 bits per heavy atom. The third kappa shape index (κ3) is 25.5. The summed E-state index contributed by atoms with van der Waals surface area (Å²) >= 11 is 0. The molecule has 0 aromatic carbocycles. The molecule has 386 valence electrons. The van der Waals surface area contributed by atoms with Gasteiger partial charge in [-0.05, 0) is 52.9 Å². The van der Waals surface area contributed by atoms with E-state index in [9.17, 15) is 92.3 Å². The van der Waals surface area contributed by atoms with Crippen molar-refractivity contribution in [3.05, 3.63) is 0 Å². The van der Waals surface area contributed by atoms with Crippen LogP contribution in [-0.4, -0.2) is 174 Å². The largest absolute Gasteiger partial charge is 0.481 e. The van der Waals surface area contributed by atoms with Crippen LogP contribution in [0.5, 0.6) is 0 Å². The fraction of sp³-hybridized carbons (Fsp3) is 0.605. The first kappa shape index (κ1) is 61.0. The molecule has 0 saturated carbocycles. The van der Waals surface area contributed by atoms with Gasteiger partial charge in [0, 0.05) is 32.1 Å². The fourth-order valence-electron chi connectivity index (χ4n) is 5.55. The van der Waals surface area contributed by atoms with E-state index < -0.39 is 214 Å². The van der Waals surface area contributed by atoms with Gasteiger partial charge in [0.1, 0.15) is 48.3 Å². The molecule has 0 saturated heterocycles. The van der Waals surface area contributed by atoms with E-state index in [1.807, 2.05) is 10.6 Å². The van der Waals surface area contributed by atoms with Crippen molar-refractivity contribution < 1.29 is 103 Å². The Morgan fingerprint density at radius 3 is 0.913 bits per heavy atom. The van der Waals surface area contributed by atoms with Gasteiger partial charge in [-0.15, -0.1) is 0 Å². The number of nitrogens with two attached hydrogens (primary N) is 2. The van der Waals surface area contributed by atoms with E-state index in [0.29, 0.717) is 0 Å². The van der Waals surface area contributed by atoms with Gasteiger partial charge in [0.15, 0.2) is 0 Å². The van der Waals surface area contributed by atoms with Gasteiger partial charge in [0.2, 0.25) is 53.2 Å². The fourth-order valence-corrected chi connectivity index (χ4v) is 5.55. The third-order valence-corrected chi connectivity index (χ3v) is 9.34. The van der Waals surface area contributed by atoms with Crippen LogP contribution in [0, 0.1) is 0 Å². The second-order valence-electron chi connectivity index (χ2n) is 15.3. The van der Waals surface area contributed by atoms with Gasteiger partial charge in [-0.25, -0.2) is 4.79 Å². The van der Waals surface area contributed by atoms with Crippen LogP contribution in [0.25, 0.3) is 0 Å². The SMILES string of the molecule is C[C@H](N)C(=O)N[C@@H](CCC(N)=O)C(=O)N[C@@H](CCC(=O)O)C(=O)N[C@@H](CCC(=O)O)C(=O)N[C@@H](C)C(=O)N[C@@H](CC(=O)O)C(=O)N[C@@H](C)C(=O)N[C@@H](CCC(=O)O)C(=O)N[C@@H](CCC(=O)O)C(=O)O. The molecule has 0 fully saturated rings. The first-order valence-corrected chi connectivity index (χ1v) is 20.7. The Hall–Kier alpha value is -7.99. The van der Waals surface area contributed by atoms with E-state index in [0.717, 1.165) is 13.8 Å². The monoisotopic (exact) mass is 990 g/mol. The number of carbonyl (C=O) groups excluding carboxylic acids is 9. The average Bonchev–Trinajstić information content (AvgIpc) is 3.23. The van der Waals surface area contributed by atoms with E-state index >= 15 is 0 Å². The molecule has 0 spiro atoms. The number of hydrogen-bond acceptors (Lipinski definition) is 16. The van der Waals surface area contributed by atoms with Gasteiger partial charge in [-0.3, -0.25) is 67.1 Å². The van der Waals surface area contributed by atoms with Crippen LogP contribution < -0.4 is 54.0 Å². The first-order valence-electron chi connectivity index (χ1n) is 20.7. The van der Waals surface area contributed by atoms with Crippen molar-refractivity contribution >= 4 is 89.0 Å². The molecule has 31 nitrogen and oxygen atoms in total. The van der Waals surface area contributed by atoms with Gasteiger partial charge in [-0.2, -0.15) is 0 Å². The number of carboxylic acid groups (broad SMARTS) is 6. The number of amides is 9. The minimum atomic E-state index is -2.01. The Labute approximate surface area is 391 Å². The second-order valence-corrected chi connectivity index (χ2v) is 15.3. The van der Waals surface area contributed by atoms with E-state index in [-0.39, 0.29) is 0 Å². The normalized spacial score (nSPS) is 14.6. The van der Waals surface area contributed by atoms with Crippen LogP contribution in [0.2, 0.25) is 0 Å². The minimum Gasteiger partial charge on any atom is -0.481 e. The number of carboxylic acids is 6. The Morgan fingerprint density at radius 1 is 0.348 bits per heavy atom. The molecule has 0 aromatic rings. The van der Waals surface area contributed by atoms with Crippen molar-refractivity contribution in [3.8, 4) is 0 Å². The third-order valence-electron chi connectivity index (χ3n) is 9.34. The predicted octanol–water partition coefficient (Wildman–Crippen LogP) is -6.46. The number of aliphatic carboxylic acids is 6. The molecule has 0 heterocycles. The van der Waals surface area contributed by atoms with Crippen molar-refractivity contribution in [2.75, 3.05) is 0 Å². The van der Waals surface area contributed by atoms with Gasteiger partial charge < -0.3 is 84.6 Å². The average molecular weight is 991 g/mol. The lowest BCUT2D eigenvalue weighted by Gasteiger charge is -2.26. The van der Waals surface area contributed by atoms with Crippen LogP contribution in [0.4, 0.5) is 0 Å². The van der Waals surface area contributed by atoms with E-state index in [2.05, 4.69) is 31.9 Å². The predicted molar refractivity (Wildman–Crippen MR) is 226 cm³/mol. The second kappa shape index (κ2) is 30.3. The zero-order valence-corrected chi connectivity index (χ0v) is 37.4. The lowest BCUT2D eigenvalue weighted by atomic mass is 10.0. The molecular weight excluding hydrogens is 932 g/mol. The molecule has 0 aliphatic rings. The molecule has 9 amide bonds. The molecule has 0 aromatic heterocycles.